The Balaban J connectivity index is 1.79. The van der Waals surface area contributed by atoms with Gasteiger partial charge in [-0.1, -0.05) is 31.2 Å². The van der Waals surface area contributed by atoms with Crippen molar-refractivity contribution in [3.63, 3.8) is 0 Å². The minimum absolute atomic E-state index is 0.0340. The van der Waals surface area contributed by atoms with Crippen molar-refractivity contribution in [3.8, 4) is 5.88 Å². The monoisotopic (exact) mass is 460 g/mol. The summed E-state index contributed by atoms with van der Waals surface area (Å²) in [6, 6.07) is 0.925. The highest BCUT2D eigenvalue weighted by molar-refractivity contribution is 6.76. The first-order chi connectivity index (χ1) is 13.5. The number of rotatable bonds is 7. The molecule has 0 spiro atoms. The van der Waals surface area contributed by atoms with E-state index in [-0.39, 0.29) is 29.9 Å². The molecule has 1 amide bonds. The van der Waals surface area contributed by atoms with Gasteiger partial charge in [0.2, 0.25) is 11.2 Å². The van der Waals surface area contributed by atoms with E-state index in [1.807, 2.05) is 6.92 Å². The molecular formula is C18H26Cl2N4O4Si. The van der Waals surface area contributed by atoms with E-state index in [9.17, 15) is 9.90 Å². The van der Waals surface area contributed by atoms with Crippen LogP contribution in [0.25, 0.3) is 11.0 Å². The number of hydrogen-bond donors (Lipinski definition) is 1. The number of amides is 1. The summed E-state index contributed by atoms with van der Waals surface area (Å²) in [6.45, 7) is 9.96. The number of hydrogen-bond acceptors (Lipinski definition) is 5. The molecule has 1 fully saturated rings. The van der Waals surface area contributed by atoms with Gasteiger partial charge in [0.25, 0.3) is 0 Å². The molecule has 11 heteroatoms. The minimum atomic E-state index is -1.18. The van der Waals surface area contributed by atoms with Crippen molar-refractivity contribution < 1.29 is 19.4 Å². The van der Waals surface area contributed by atoms with Crippen LogP contribution in [0.15, 0.2) is 6.20 Å². The number of ether oxygens (including phenoxy) is 2. The molecule has 3 heterocycles. The number of carboxylic acid groups (broad SMARTS) is 1. The third-order valence-electron chi connectivity index (χ3n) is 4.90. The van der Waals surface area contributed by atoms with E-state index in [0.29, 0.717) is 35.8 Å². The first kappa shape index (κ1) is 22.1. The second-order valence-electron chi connectivity index (χ2n) is 8.55. The summed E-state index contributed by atoms with van der Waals surface area (Å²) in [4.78, 5) is 21.1. The van der Waals surface area contributed by atoms with Crippen molar-refractivity contribution in [2.24, 2.45) is 0 Å². The molecule has 0 saturated carbocycles. The average molecular weight is 461 g/mol. The van der Waals surface area contributed by atoms with Crippen LogP contribution in [0.3, 0.4) is 0 Å². The molecule has 2 aromatic rings. The predicted molar refractivity (Wildman–Crippen MR) is 115 cm³/mol. The maximum Gasteiger partial charge on any atom is 0.407 e. The van der Waals surface area contributed by atoms with Crippen LogP contribution in [0.5, 0.6) is 5.88 Å². The molecule has 3 rings (SSSR count). The number of fused-ring (bicyclic) bond motifs is 1. The Morgan fingerprint density at radius 3 is 2.69 bits per heavy atom. The largest absolute Gasteiger partial charge is 0.472 e. The first-order valence-corrected chi connectivity index (χ1v) is 14.0. The van der Waals surface area contributed by atoms with Gasteiger partial charge in [0.05, 0.1) is 17.0 Å². The van der Waals surface area contributed by atoms with E-state index in [4.69, 9.17) is 32.7 Å². The second-order valence-corrected chi connectivity index (χ2v) is 14.9. The van der Waals surface area contributed by atoms with Crippen molar-refractivity contribution >= 4 is 48.4 Å². The van der Waals surface area contributed by atoms with Gasteiger partial charge in [-0.05, 0) is 24.6 Å². The summed E-state index contributed by atoms with van der Waals surface area (Å²) in [5, 5.41) is 10.3. The van der Waals surface area contributed by atoms with Crippen LogP contribution < -0.4 is 4.74 Å². The fourth-order valence-corrected chi connectivity index (χ4v) is 4.50. The number of carbonyl (C=O) groups is 1. The summed E-state index contributed by atoms with van der Waals surface area (Å²) < 4.78 is 13.6. The second kappa shape index (κ2) is 8.67. The molecule has 1 N–H and O–H groups in total. The Hall–Kier alpha value is -1.55. The lowest BCUT2D eigenvalue weighted by atomic mass is 10.2. The van der Waals surface area contributed by atoms with Crippen LogP contribution in [-0.4, -0.2) is 64.0 Å². The van der Waals surface area contributed by atoms with Crippen LogP contribution in [-0.2, 0) is 11.5 Å². The van der Waals surface area contributed by atoms with Gasteiger partial charge in [-0.15, -0.1) is 0 Å². The van der Waals surface area contributed by atoms with Gasteiger partial charge in [-0.2, -0.15) is 9.97 Å². The summed E-state index contributed by atoms with van der Waals surface area (Å²) in [5.41, 5.74) is 0.527. The van der Waals surface area contributed by atoms with Crippen LogP contribution in [0.2, 0.25) is 36.0 Å². The van der Waals surface area contributed by atoms with E-state index in [0.717, 1.165) is 6.04 Å². The maximum absolute atomic E-state index is 11.3. The van der Waals surface area contributed by atoms with Gasteiger partial charge in [0, 0.05) is 33.3 Å². The molecule has 1 aliphatic heterocycles. The highest BCUT2D eigenvalue weighted by Gasteiger charge is 2.34. The molecule has 160 valence electrons. The molecule has 0 radical (unpaired) electrons. The van der Waals surface area contributed by atoms with Crippen LogP contribution in [0.4, 0.5) is 4.79 Å². The molecule has 1 saturated heterocycles. The number of likely N-dealkylation sites (tertiary alicyclic amines) is 1. The van der Waals surface area contributed by atoms with E-state index in [1.54, 1.807) is 10.8 Å². The lowest BCUT2D eigenvalue weighted by Crippen LogP contribution is -2.33. The van der Waals surface area contributed by atoms with Crippen molar-refractivity contribution in [1.29, 1.82) is 0 Å². The summed E-state index contributed by atoms with van der Waals surface area (Å²) in [5.74, 6) is 0.260. The highest BCUT2D eigenvalue weighted by Crippen LogP contribution is 2.34. The third-order valence-corrected chi connectivity index (χ3v) is 7.06. The molecule has 0 unspecified atom stereocenters. The molecule has 0 aliphatic carbocycles. The van der Waals surface area contributed by atoms with Crippen LogP contribution in [0.1, 0.15) is 13.3 Å². The van der Waals surface area contributed by atoms with Crippen molar-refractivity contribution in [2.45, 2.75) is 57.9 Å². The fourth-order valence-electron chi connectivity index (χ4n) is 3.30. The minimum Gasteiger partial charge on any atom is -0.472 e. The topological polar surface area (TPSA) is 89.7 Å². The lowest BCUT2D eigenvalue weighted by molar-refractivity contribution is 0.0898. The first-order valence-electron chi connectivity index (χ1n) is 9.51. The SMILES string of the molecule is C[C@H]1C[C@@H](Oc2nc(Cl)nc3c2c(Cl)cn3COCC[Si](C)(C)C)CN1C(=O)O. The average Bonchev–Trinajstić information content (AvgIpc) is 3.11. The molecule has 0 aromatic carbocycles. The standard InChI is InChI=1S/C18H26Cl2N4O4Si/c1-11-7-12(8-24(11)18(25)26)28-16-14-13(19)9-23(15(14)21-17(20)22-16)10-27-5-6-29(2,3)4/h9,11-12H,5-8,10H2,1-4H3,(H,25,26)/t11-,12+/m0/s1. The number of aromatic nitrogens is 3. The van der Waals surface area contributed by atoms with Gasteiger partial charge in [0.1, 0.15) is 12.8 Å². The van der Waals surface area contributed by atoms with Gasteiger partial charge < -0.3 is 24.0 Å². The van der Waals surface area contributed by atoms with Crippen molar-refractivity contribution in [1.82, 2.24) is 19.4 Å². The highest BCUT2D eigenvalue weighted by atomic mass is 35.5. The molecule has 1 aliphatic rings. The van der Waals surface area contributed by atoms with Gasteiger partial charge in [-0.3, -0.25) is 0 Å². The number of nitrogens with zero attached hydrogens (tertiary/aromatic N) is 4. The Kier molecular flexibility index (Phi) is 6.62. The van der Waals surface area contributed by atoms with E-state index in [1.165, 1.54) is 4.90 Å². The van der Waals surface area contributed by atoms with E-state index in [2.05, 4.69) is 29.6 Å². The number of halogens is 2. The summed E-state index contributed by atoms with van der Waals surface area (Å²) >= 11 is 12.6. The summed E-state index contributed by atoms with van der Waals surface area (Å²) in [6.07, 6.45) is 0.990. The third kappa shape index (κ3) is 5.33. The zero-order chi connectivity index (χ0) is 21.3. The normalized spacial score (nSPS) is 19.9. The van der Waals surface area contributed by atoms with Crippen LogP contribution in [0, 0.1) is 0 Å². The molecule has 2 atom stereocenters. The van der Waals surface area contributed by atoms with Gasteiger partial charge in [0.15, 0.2) is 5.65 Å². The van der Waals surface area contributed by atoms with E-state index < -0.39 is 14.2 Å². The molecule has 2 aromatic heterocycles. The Labute approximate surface area is 180 Å². The zero-order valence-corrected chi connectivity index (χ0v) is 19.5. The Bertz CT molecular complexity index is 902. The molecular weight excluding hydrogens is 435 g/mol. The predicted octanol–water partition coefficient (Wildman–Crippen LogP) is 4.57. The maximum atomic E-state index is 11.3. The fraction of sp³-hybridized carbons (Fsp3) is 0.611. The van der Waals surface area contributed by atoms with Crippen molar-refractivity contribution in [2.75, 3.05) is 13.2 Å². The molecule has 0 bridgehead atoms. The van der Waals surface area contributed by atoms with Crippen molar-refractivity contribution in [3.05, 3.63) is 16.5 Å². The Morgan fingerprint density at radius 1 is 1.34 bits per heavy atom. The molecule has 8 nitrogen and oxygen atoms in total. The Morgan fingerprint density at radius 2 is 2.07 bits per heavy atom. The molecule has 29 heavy (non-hydrogen) atoms. The van der Waals surface area contributed by atoms with E-state index >= 15 is 0 Å². The summed E-state index contributed by atoms with van der Waals surface area (Å²) in [7, 11) is -1.18. The van der Waals surface area contributed by atoms with Gasteiger partial charge in [-0.25, -0.2) is 4.79 Å². The smallest absolute Gasteiger partial charge is 0.407 e. The lowest BCUT2D eigenvalue weighted by Gasteiger charge is -2.16. The quantitative estimate of drug-likeness (QED) is 0.369. The van der Waals surface area contributed by atoms with Gasteiger partial charge >= 0.3 is 6.09 Å². The van der Waals surface area contributed by atoms with Crippen LogP contribution >= 0.6 is 23.2 Å². The zero-order valence-electron chi connectivity index (χ0n) is 17.0.